The topological polar surface area (TPSA) is 49.3 Å². The van der Waals surface area contributed by atoms with E-state index in [1.54, 1.807) is 30.3 Å². The Labute approximate surface area is 118 Å². The molecule has 2 aromatic carbocycles. The highest BCUT2D eigenvalue weighted by Gasteiger charge is 2.23. The maximum atomic E-state index is 12.2. The molecule has 0 saturated heterocycles. The summed E-state index contributed by atoms with van der Waals surface area (Å²) >= 11 is 3.34. The van der Waals surface area contributed by atoms with Gasteiger partial charge in [-0.15, -0.1) is 0 Å². The molecule has 0 bridgehead atoms. The Balaban J connectivity index is 2.03. The standard InChI is InChI=1S/C15H10BrNO2/c16-10-5-6-14(18)9(7-10)8-13-15(19)11-3-1-2-4-12(11)17-13/h1-8,17-18H/b13-8-. The van der Waals surface area contributed by atoms with Gasteiger partial charge in [0.25, 0.3) is 0 Å². The monoisotopic (exact) mass is 315 g/mol. The third-order valence-electron chi connectivity index (χ3n) is 2.98. The Morgan fingerprint density at radius 1 is 1.16 bits per heavy atom. The lowest BCUT2D eigenvalue weighted by Crippen LogP contribution is -1.99. The van der Waals surface area contributed by atoms with Crippen LogP contribution in [0.5, 0.6) is 5.75 Å². The van der Waals surface area contributed by atoms with Gasteiger partial charge >= 0.3 is 0 Å². The van der Waals surface area contributed by atoms with Gasteiger partial charge in [0.1, 0.15) is 5.75 Å². The van der Waals surface area contributed by atoms with Gasteiger partial charge in [0, 0.05) is 21.3 Å². The van der Waals surface area contributed by atoms with Gasteiger partial charge in [0.05, 0.1) is 5.70 Å². The molecule has 2 N–H and O–H groups in total. The first kappa shape index (κ1) is 12.0. The van der Waals surface area contributed by atoms with Crippen molar-refractivity contribution in [3.63, 3.8) is 0 Å². The van der Waals surface area contributed by atoms with Crippen LogP contribution in [0, 0.1) is 0 Å². The molecule has 0 radical (unpaired) electrons. The lowest BCUT2D eigenvalue weighted by Gasteiger charge is -2.02. The quantitative estimate of drug-likeness (QED) is 0.787. The molecule has 3 nitrogen and oxygen atoms in total. The first-order valence-electron chi connectivity index (χ1n) is 5.76. The smallest absolute Gasteiger partial charge is 0.211 e. The number of ketones is 1. The molecule has 1 aliphatic rings. The summed E-state index contributed by atoms with van der Waals surface area (Å²) in [6.45, 7) is 0. The number of benzene rings is 2. The number of fused-ring (bicyclic) bond motifs is 1. The predicted molar refractivity (Wildman–Crippen MR) is 78.2 cm³/mol. The van der Waals surface area contributed by atoms with Crippen LogP contribution in [0.2, 0.25) is 0 Å². The molecule has 0 aliphatic carbocycles. The number of hydrogen-bond donors (Lipinski definition) is 2. The SMILES string of the molecule is O=C1/C(=C/c2cc(Br)ccc2O)Nc2ccccc21. The molecular formula is C15H10BrNO2. The van der Waals surface area contributed by atoms with E-state index >= 15 is 0 Å². The first-order chi connectivity index (χ1) is 9.15. The van der Waals surface area contributed by atoms with Gasteiger partial charge in [-0.3, -0.25) is 4.79 Å². The second-order valence-corrected chi connectivity index (χ2v) is 5.18. The minimum absolute atomic E-state index is 0.0602. The predicted octanol–water partition coefficient (Wildman–Crippen LogP) is 3.80. The molecule has 0 amide bonds. The van der Waals surface area contributed by atoms with Crippen molar-refractivity contribution in [1.29, 1.82) is 0 Å². The summed E-state index contributed by atoms with van der Waals surface area (Å²) in [6.07, 6.45) is 1.66. The van der Waals surface area contributed by atoms with Gasteiger partial charge in [-0.1, -0.05) is 28.1 Å². The molecule has 19 heavy (non-hydrogen) atoms. The second-order valence-electron chi connectivity index (χ2n) is 4.26. The number of nitrogens with one attached hydrogen (secondary N) is 1. The van der Waals surface area contributed by atoms with Crippen molar-refractivity contribution in [2.24, 2.45) is 0 Å². The number of para-hydroxylation sites is 1. The lowest BCUT2D eigenvalue weighted by atomic mass is 10.1. The number of aromatic hydroxyl groups is 1. The normalized spacial score (nSPS) is 15.4. The van der Waals surface area contributed by atoms with Crippen LogP contribution in [0.15, 0.2) is 52.6 Å². The number of phenolic OH excluding ortho intramolecular Hbond substituents is 1. The van der Waals surface area contributed by atoms with Gasteiger partial charge < -0.3 is 10.4 Å². The summed E-state index contributed by atoms with van der Waals surface area (Å²) in [6, 6.07) is 12.4. The average Bonchev–Trinajstić information content (AvgIpc) is 2.72. The van der Waals surface area contributed by atoms with Crippen LogP contribution in [-0.4, -0.2) is 10.9 Å². The fourth-order valence-electron chi connectivity index (χ4n) is 2.04. The highest BCUT2D eigenvalue weighted by Crippen LogP contribution is 2.31. The van der Waals surface area contributed by atoms with Gasteiger partial charge in [-0.05, 0) is 36.4 Å². The zero-order valence-electron chi connectivity index (χ0n) is 9.85. The fourth-order valence-corrected chi connectivity index (χ4v) is 2.41. The number of halogens is 1. The largest absolute Gasteiger partial charge is 0.507 e. The molecule has 0 aromatic heterocycles. The van der Waals surface area contributed by atoms with Gasteiger partial charge in [-0.25, -0.2) is 0 Å². The zero-order chi connectivity index (χ0) is 13.4. The Bertz CT molecular complexity index is 707. The van der Waals surface area contributed by atoms with Crippen LogP contribution in [0.3, 0.4) is 0 Å². The summed E-state index contributed by atoms with van der Waals surface area (Å²) in [4.78, 5) is 12.2. The highest BCUT2D eigenvalue weighted by atomic mass is 79.9. The van der Waals surface area contributed by atoms with E-state index < -0.39 is 0 Å². The summed E-state index contributed by atoms with van der Waals surface area (Å²) in [5, 5.41) is 12.9. The number of carbonyl (C=O) groups is 1. The zero-order valence-corrected chi connectivity index (χ0v) is 11.4. The van der Waals surface area contributed by atoms with Crippen molar-refractivity contribution in [2.75, 3.05) is 5.32 Å². The fraction of sp³-hybridized carbons (Fsp3) is 0. The molecule has 94 valence electrons. The molecule has 1 heterocycles. The highest BCUT2D eigenvalue weighted by molar-refractivity contribution is 9.10. The van der Waals surface area contributed by atoms with E-state index in [1.165, 1.54) is 0 Å². The molecule has 4 heteroatoms. The summed E-state index contributed by atoms with van der Waals surface area (Å²) in [7, 11) is 0. The van der Waals surface area contributed by atoms with Crippen LogP contribution >= 0.6 is 15.9 Å². The van der Waals surface area contributed by atoms with E-state index in [0.717, 1.165) is 10.2 Å². The van der Waals surface area contributed by atoms with Crippen LogP contribution < -0.4 is 5.32 Å². The third-order valence-corrected chi connectivity index (χ3v) is 3.47. The molecule has 0 atom stereocenters. The minimum atomic E-state index is -0.0602. The Morgan fingerprint density at radius 2 is 1.95 bits per heavy atom. The van der Waals surface area contributed by atoms with Crippen LogP contribution in [0.4, 0.5) is 5.69 Å². The van der Waals surface area contributed by atoms with E-state index in [9.17, 15) is 9.90 Å². The van der Waals surface area contributed by atoms with Gasteiger partial charge in [-0.2, -0.15) is 0 Å². The number of phenols is 1. The van der Waals surface area contributed by atoms with Crippen LogP contribution in [0.25, 0.3) is 6.08 Å². The van der Waals surface area contributed by atoms with Crippen molar-refractivity contribution in [1.82, 2.24) is 0 Å². The molecular weight excluding hydrogens is 306 g/mol. The molecule has 0 spiro atoms. The van der Waals surface area contributed by atoms with Crippen molar-refractivity contribution >= 4 is 33.5 Å². The molecule has 0 fully saturated rings. The molecule has 0 saturated carbocycles. The number of allylic oxidation sites excluding steroid dienone is 1. The summed E-state index contributed by atoms with van der Waals surface area (Å²) < 4.78 is 0.847. The maximum absolute atomic E-state index is 12.2. The van der Waals surface area contributed by atoms with Crippen molar-refractivity contribution in [3.8, 4) is 5.75 Å². The molecule has 2 aromatic rings. The van der Waals surface area contributed by atoms with E-state index in [1.807, 2.05) is 18.2 Å². The Hall–Kier alpha value is -2.07. The van der Waals surface area contributed by atoms with Gasteiger partial charge in [0.15, 0.2) is 0 Å². The number of carbonyl (C=O) groups excluding carboxylic acids is 1. The third kappa shape index (κ3) is 2.15. The van der Waals surface area contributed by atoms with Crippen LogP contribution in [0.1, 0.15) is 15.9 Å². The van der Waals surface area contributed by atoms with Crippen molar-refractivity contribution in [3.05, 3.63) is 63.8 Å². The number of anilines is 1. The van der Waals surface area contributed by atoms with E-state index in [0.29, 0.717) is 16.8 Å². The second kappa shape index (κ2) is 4.55. The molecule has 1 aliphatic heterocycles. The van der Waals surface area contributed by atoms with E-state index in [4.69, 9.17) is 0 Å². The summed E-state index contributed by atoms with van der Waals surface area (Å²) in [5.41, 5.74) is 2.52. The molecule has 3 rings (SSSR count). The number of rotatable bonds is 1. The summed E-state index contributed by atoms with van der Waals surface area (Å²) in [5.74, 6) is 0.0798. The van der Waals surface area contributed by atoms with Crippen LogP contribution in [-0.2, 0) is 0 Å². The van der Waals surface area contributed by atoms with Crippen molar-refractivity contribution in [2.45, 2.75) is 0 Å². The lowest BCUT2D eigenvalue weighted by molar-refractivity contribution is 0.104. The average molecular weight is 316 g/mol. The minimum Gasteiger partial charge on any atom is -0.507 e. The van der Waals surface area contributed by atoms with E-state index in [-0.39, 0.29) is 11.5 Å². The Morgan fingerprint density at radius 3 is 2.74 bits per heavy atom. The number of Topliss-reactive ketones (excluding diaryl/α,β-unsaturated/α-hetero) is 1. The maximum Gasteiger partial charge on any atom is 0.211 e. The van der Waals surface area contributed by atoms with Gasteiger partial charge in [0.2, 0.25) is 5.78 Å². The molecule has 0 unspecified atom stereocenters. The first-order valence-corrected chi connectivity index (χ1v) is 6.55. The van der Waals surface area contributed by atoms with E-state index in [2.05, 4.69) is 21.2 Å². The van der Waals surface area contributed by atoms with Crippen molar-refractivity contribution < 1.29 is 9.90 Å². The Kier molecular flexibility index (Phi) is 2.87. The number of hydrogen-bond acceptors (Lipinski definition) is 3.